The van der Waals surface area contributed by atoms with Crippen LogP contribution in [0, 0.1) is 5.82 Å². The van der Waals surface area contributed by atoms with Crippen LogP contribution in [0.15, 0.2) is 16.5 Å². The number of fused-ring (bicyclic) bond motifs is 1. The molecule has 21 heavy (non-hydrogen) atoms. The van der Waals surface area contributed by atoms with E-state index in [1.807, 2.05) is 4.90 Å². The number of rotatable bonds is 3. The van der Waals surface area contributed by atoms with Gasteiger partial charge in [0.1, 0.15) is 11.3 Å². The first-order valence-corrected chi connectivity index (χ1v) is 6.81. The minimum absolute atomic E-state index is 0.0470. The first kappa shape index (κ1) is 13.8. The molecule has 6 nitrogen and oxygen atoms in total. The summed E-state index contributed by atoms with van der Waals surface area (Å²) in [5.74, 6) is -0.473. The van der Waals surface area contributed by atoms with E-state index in [0.29, 0.717) is 16.8 Å². The number of oxazole rings is 1. The van der Waals surface area contributed by atoms with E-state index in [2.05, 4.69) is 10.3 Å². The van der Waals surface area contributed by atoms with Crippen molar-refractivity contribution >= 4 is 22.8 Å². The van der Waals surface area contributed by atoms with E-state index in [4.69, 9.17) is 9.15 Å². The molecule has 1 aromatic heterocycles. The third-order valence-electron chi connectivity index (χ3n) is 3.36. The van der Waals surface area contributed by atoms with Crippen LogP contribution in [0.5, 0.6) is 0 Å². The molecule has 0 saturated carbocycles. The van der Waals surface area contributed by atoms with Crippen LogP contribution in [0.4, 0.5) is 10.1 Å². The molecule has 0 spiro atoms. The van der Waals surface area contributed by atoms with E-state index in [1.165, 1.54) is 13.0 Å². The van der Waals surface area contributed by atoms with Gasteiger partial charge in [0.2, 0.25) is 5.89 Å². The third-order valence-corrected chi connectivity index (χ3v) is 3.36. The zero-order valence-electron chi connectivity index (χ0n) is 11.7. The van der Waals surface area contributed by atoms with Crippen LogP contribution in [-0.2, 0) is 16.1 Å². The van der Waals surface area contributed by atoms with E-state index in [0.717, 1.165) is 26.2 Å². The Hall–Kier alpha value is -2.15. The average Bonchev–Trinajstić information content (AvgIpc) is 2.87. The molecule has 0 radical (unpaired) electrons. The number of esters is 1. The van der Waals surface area contributed by atoms with Crippen LogP contribution in [0.3, 0.4) is 0 Å². The van der Waals surface area contributed by atoms with Gasteiger partial charge in [-0.15, -0.1) is 0 Å². The maximum Gasteiger partial charge on any atom is 0.303 e. The van der Waals surface area contributed by atoms with Gasteiger partial charge in [-0.2, -0.15) is 0 Å². The monoisotopic (exact) mass is 293 g/mol. The van der Waals surface area contributed by atoms with Crippen molar-refractivity contribution in [2.45, 2.75) is 13.5 Å². The molecule has 1 aliphatic heterocycles. The van der Waals surface area contributed by atoms with Gasteiger partial charge < -0.3 is 19.4 Å². The number of aromatic nitrogens is 1. The zero-order valence-corrected chi connectivity index (χ0v) is 11.7. The molecular weight excluding hydrogens is 277 g/mol. The Morgan fingerprint density at radius 3 is 2.95 bits per heavy atom. The van der Waals surface area contributed by atoms with Gasteiger partial charge in [-0.25, -0.2) is 9.37 Å². The fourth-order valence-corrected chi connectivity index (χ4v) is 2.36. The number of benzene rings is 1. The maximum absolute atomic E-state index is 14.2. The first-order chi connectivity index (χ1) is 10.1. The Morgan fingerprint density at radius 1 is 1.48 bits per heavy atom. The van der Waals surface area contributed by atoms with Crippen molar-refractivity contribution in [3.63, 3.8) is 0 Å². The van der Waals surface area contributed by atoms with Crippen LogP contribution in [0.25, 0.3) is 11.1 Å². The molecule has 0 atom stereocenters. The average molecular weight is 293 g/mol. The Balaban J connectivity index is 1.88. The summed E-state index contributed by atoms with van der Waals surface area (Å²) in [5.41, 5.74) is 1.43. The molecule has 0 bridgehead atoms. The summed E-state index contributed by atoms with van der Waals surface area (Å²) in [6.07, 6.45) is 0. The molecule has 1 fully saturated rings. The number of hydrogen-bond donors (Lipinski definition) is 1. The summed E-state index contributed by atoms with van der Waals surface area (Å²) in [5, 5.41) is 3.22. The Labute approximate surface area is 120 Å². The molecular formula is C14H16FN3O3. The molecule has 1 aliphatic rings. The van der Waals surface area contributed by atoms with Crippen molar-refractivity contribution in [2.24, 2.45) is 0 Å². The van der Waals surface area contributed by atoms with Crippen LogP contribution < -0.4 is 10.2 Å². The van der Waals surface area contributed by atoms with Gasteiger partial charge in [0.05, 0.1) is 5.69 Å². The lowest BCUT2D eigenvalue weighted by atomic mass is 10.2. The van der Waals surface area contributed by atoms with Gasteiger partial charge in [0.15, 0.2) is 12.2 Å². The fourth-order valence-electron chi connectivity index (χ4n) is 2.36. The highest BCUT2D eigenvalue weighted by Gasteiger charge is 2.18. The van der Waals surface area contributed by atoms with Crippen LogP contribution in [-0.4, -0.2) is 37.1 Å². The second-order valence-electron chi connectivity index (χ2n) is 4.90. The number of ether oxygens (including phenoxy) is 1. The Bertz CT molecular complexity index is 665. The normalized spacial score (nSPS) is 15.4. The topological polar surface area (TPSA) is 67.6 Å². The van der Waals surface area contributed by atoms with E-state index in [9.17, 15) is 9.18 Å². The number of anilines is 1. The minimum atomic E-state index is -0.412. The predicted molar refractivity (Wildman–Crippen MR) is 74.5 cm³/mol. The van der Waals surface area contributed by atoms with Gasteiger partial charge >= 0.3 is 5.97 Å². The molecule has 2 heterocycles. The summed E-state index contributed by atoms with van der Waals surface area (Å²) in [7, 11) is 0. The van der Waals surface area contributed by atoms with Crippen molar-refractivity contribution in [3.8, 4) is 0 Å². The molecule has 7 heteroatoms. The highest BCUT2D eigenvalue weighted by atomic mass is 19.1. The summed E-state index contributed by atoms with van der Waals surface area (Å²) in [4.78, 5) is 16.9. The quantitative estimate of drug-likeness (QED) is 0.864. The Morgan fingerprint density at radius 2 is 2.24 bits per heavy atom. The van der Waals surface area contributed by atoms with Crippen molar-refractivity contribution in [1.29, 1.82) is 0 Å². The largest absolute Gasteiger partial charge is 0.456 e. The fraction of sp³-hybridized carbons (Fsp3) is 0.429. The SMILES string of the molecule is CC(=O)OCc1nc2cc(F)c(N3CCNCC3)cc2o1. The summed E-state index contributed by atoms with van der Waals surface area (Å²) in [6, 6.07) is 3.01. The molecule has 0 amide bonds. The predicted octanol–water partition coefficient (Wildman–Crippen LogP) is 1.44. The third kappa shape index (κ3) is 2.97. The van der Waals surface area contributed by atoms with Gasteiger partial charge in [-0.1, -0.05) is 0 Å². The molecule has 0 unspecified atom stereocenters. The summed E-state index contributed by atoms with van der Waals surface area (Å²) in [6.45, 7) is 4.41. The van der Waals surface area contributed by atoms with Gasteiger partial charge in [0.25, 0.3) is 0 Å². The van der Waals surface area contributed by atoms with Gasteiger partial charge in [0, 0.05) is 45.2 Å². The van der Waals surface area contributed by atoms with Crippen LogP contribution in [0.2, 0.25) is 0 Å². The van der Waals surface area contributed by atoms with Crippen LogP contribution in [0.1, 0.15) is 12.8 Å². The minimum Gasteiger partial charge on any atom is -0.456 e. The zero-order chi connectivity index (χ0) is 14.8. The lowest BCUT2D eigenvalue weighted by Gasteiger charge is -2.29. The van der Waals surface area contributed by atoms with Crippen molar-refractivity contribution in [2.75, 3.05) is 31.1 Å². The standard InChI is InChI=1S/C14H16FN3O3/c1-9(19)20-8-14-17-11-6-10(15)12(7-13(11)21-14)18-4-2-16-3-5-18/h6-7,16H,2-5,8H2,1H3. The van der Waals surface area contributed by atoms with Gasteiger partial charge in [-0.05, 0) is 0 Å². The number of piperazine rings is 1. The maximum atomic E-state index is 14.2. The van der Waals surface area contributed by atoms with Crippen molar-refractivity contribution < 1.29 is 18.3 Å². The van der Waals surface area contributed by atoms with Gasteiger partial charge in [-0.3, -0.25) is 4.79 Å². The van der Waals surface area contributed by atoms with Crippen LogP contribution >= 0.6 is 0 Å². The number of carbonyl (C=O) groups excluding carboxylic acids is 1. The van der Waals surface area contributed by atoms with E-state index < -0.39 is 5.97 Å². The lowest BCUT2D eigenvalue weighted by Crippen LogP contribution is -2.43. The number of carbonyl (C=O) groups is 1. The smallest absolute Gasteiger partial charge is 0.303 e. The molecule has 112 valence electrons. The summed E-state index contributed by atoms with van der Waals surface area (Å²) < 4.78 is 24.5. The second kappa shape index (κ2) is 5.69. The first-order valence-electron chi connectivity index (χ1n) is 6.81. The molecule has 1 N–H and O–H groups in total. The molecule has 2 aromatic rings. The van der Waals surface area contributed by atoms with E-state index >= 15 is 0 Å². The number of nitrogens with zero attached hydrogens (tertiary/aromatic N) is 2. The Kier molecular flexibility index (Phi) is 3.74. The molecule has 1 aromatic carbocycles. The highest BCUT2D eigenvalue weighted by molar-refractivity contribution is 5.78. The molecule has 3 rings (SSSR count). The van der Waals surface area contributed by atoms with E-state index in [1.54, 1.807) is 6.07 Å². The number of hydrogen-bond acceptors (Lipinski definition) is 6. The molecule has 0 aliphatic carbocycles. The number of nitrogens with one attached hydrogen (secondary N) is 1. The molecule has 1 saturated heterocycles. The summed E-state index contributed by atoms with van der Waals surface area (Å²) >= 11 is 0. The lowest BCUT2D eigenvalue weighted by molar-refractivity contribution is -0.142. The highest BCUT2D eigenvalue weighted by Crippen LogP contribution is 2.27. The second-order valence-corrected chi connectivity index (χ2v) is 4.90. The number of halogens is 1. The van der Waals surface area contributed by atoms with E-state index in [-0.39, 0.29) is 18.3 Å². The van der Waals surface area contributed by atoms with Crippen molar-refractivity contribution in [3.05, 3.63) is 23.8 Å². The van der Waals surface area contributed by atoms with Crippen molar-refractivity contribution in [1.82, 2.24) is 10.3 Å².